The van der Waals surface area contributed by atoms with Crippen LogP contribution >= 0.6 is 0 Å². The second-order valence-electron chi connectivity index (χ2n) is 7.48. The van der Waals surface area contributed by atoms with Gasteiger partial charge < -0.3 is 9.84 Å². The van der Waals surface area contributed by atoms with Crippen LogP contribution in [0, 0.1) is 0 Å². The molecular weight excluding hydrogens is 340 g/mol. The molecule has 0 amide bonds. The molecule has 4 heteroatoms. The molecule has 0 saturated heterocycles. The maximum Gasteiger partial charge on any atom is 0.311 e. The molecule has 136 valence electrons. The Hall–Kier alpha value is -2.88. The normalized spacial score (nSPS) is 19.1. The van der Waals surface area contributed by atoms with Crippen LogP contribution in [-0.4, -0.2) is 16.9 Å². The zero-order valence-electron chi connectivity index (χ0n) is 15.2. The first kappa shape index (κ1) is 16.3. The topological polar surface area (TPSA) is 63.6 Å². The van der Waals surface area contributed by atoms with Crippen LogP contribution in [0.25, 0.3) is 16.7 Å². The number of allylic oxidation sites excluding steroid dienone is 2. The van der Waals surface area contributed by atoms with Crippen molar-refractivity contribution in [1.29, 1.82) is 0 Å². The van der Waals surface area contributed by atoms with Crippen molar-refractivity contribution in [2.45, 2.75) is 44.9 Å². The van der Waals surface area contributed by atoms with Crippen molar-refractivity contribution in [2.24, 2.45) is 0 Å². The minimum Gasteiger partial charge on any atom is -0.504 e. The lowest BCUT2D eigenvalue weighted by molar-refractivity contribution is -0.134. The lowest BCUT2D eigenvalue weighted by atomic mass is 9.63. The van der Waals surface area contributed by atoms with Gasteiger partial charge in [-0.2, -0.15) is 0 Å². The first-order chi connectivity index (χ1) is 13.1. The van der Waals surface area contributed by atoms with E-state index in [4.69, 9.17) is 4.74 Å². The van der Waals surface area contributed by atoms with E-state index in [1.165, 1.54) is 22.3 Å². The lowest BCUT2D eigenvalue weighted by Gasteiger charge is -2.40. The number of aromatic hydroxyl groups is 1. The second kappa shape index (κ2) is 5.81. The molecule has 0 aliphatic heterocycles. The third-order valence-electron chi connectivity index (χ3n) is 6.06. The van der Waals surface area contributed by atoms with Crippen LogP contribution in [0.4, 0.5) is 0 Å². The molecule has 3 aliphatic rings. The molecule has 4 nitrogen and oxygen atoms in total. The summed E-state index contributed by atoms with van der Waals surface area (Å²) < 4.78 is 5.25. The fraction of sp³-hybridized carbons (Fsp3) is 0.304. The maximum absolute atomic E-state index is 11.7. The van der Waals surface area contributed by atoms with E-state index in [2.05, 4.69) is 12.1 Å². The van der Waals surface area contributed by atoms with Crippen LogP contribution in [0.5, 0.6) is 11.5 Å². The molecule has 3 aliphatic carbocycles. The zero-order valence-corrected chi connectivity index (χ0v) is 15.2. The summed E-state index contributed by atoms with van der Waals surface area (Å²) in [5.74, 6) is 0.575. The Morgan fingerprint density at radius 2 is 1.78 bits per heavy atom. The van der Waals surface area contributed by atoms with Crippen molar-refractivity contribution in [3.63, 3.8) is 0 Å². The van der Waals surface area contributed by atoms with Gasteiger partial charge in [-0.15, -0.1) is 0 Å². The highest BCUT2D eigenvalue weighted by atomic mass is 16.5. The van der Waals surface area contributed by atoms with Crippen LogP contribution in [0.1, 0.15) is 54.4 Å². The molecule has 0 spiro atoms. The Balaban J connectivity index is 1.60. The standard InChI is InChI=1S/C23H20O4/c1-2-21(25)27-20-10-9-14-13-5-6-17-19-11-12(24)3-4-16(19)22(17)15(13)7-8-18(14)23(20)26/h5-6,9-11,16,26H,2-4,7-8H2,1H3. The SMILES string of the molecule is CCC(=O)Oc1ccc2c(c1O)CCc1c-2ccc2c1C1CCC(=O)C=C21. The Kier molecular flexibility index (Phi) is 3.51. The van der Waals surface area contributed by atoms with E-state index in [1.807, 2.05) is 12.1 Å². The van der Waals surface area contributed by atoms with Crippen molar-refractivity contribution in [1.82, 2.24) is 0 Å². The number of phenolic OH excluding ortho intramolecular Hbond substituents is 1. The summed E-state index contributed by atoms with van der Waals surface area (Å²) in [5, 5.41) is 10.6. The predicted molar refractivity (Wildman–Crippen MR) is 102 cm³/mol. The Labute approximate surface area is 157 Å². The third-order valence-corrected chi connectivity index (χ3v) is 6.06. The molecule has 5 rings (SSSR count). The van der Waals surface area contributed by atoms with E-state index in [1.54, 1.807) is 13.0 Å². The third kappa shape index (κ3) is 2.29. The van der Waals surface area contributed by atoms with Gasteiger partial charge in [0.05, 0.1) is 0 Å². The van der Waals surface area contributed by atoms with Crippen molar-refractivity contribution in [3.05, 3.63) is 52.6 Å². The first-order valence-electron chi connectivity index (χ1n) is 9.55. The van der Waals surface area contributed by atoms with Gasteiger partial charge in [-0.3, -0.25) is 9.59 Å². The first-order valence-corrected chi connectivity index (χ1v) is 9.55. The highest BCUT2D eigenvalue weighted by Crippen LogP contribution is 2.55. The van der Waals surface area contributed by atoms with E-state index in [9.17, 15) is 14.7 Å². The average molecular weight is 360 g/mol. The number of rotatable bonds is 2. The largest absolute Gasteiger partial charge is 0.504 e. The van der Waals surface area contributed by atoms with Crippen molar-refractivity contribution < 1.29 is 19.4 Å². The van der Waals surface area contributed by atoms with Gasteiger partial charge >= 0.3 is 5.97 Å². The molecule has 1 unspecified atom stereocenters. The summed E-state index contributed by atoms with van der Waals surface area (Å²) in [7, 11) is 0. The van der Waals surface area contributed by atoms with Crippen LogP contribution in [0.2, 0.25) is 0 Å². The highest BCUT2D eigenvalue weighted by molar-refractivity contribution is 6.04. The van der Waals surface area contributed by atoms with E-state index in [-0.39, 0.29) is 29.7 Å². The molecule has 0 saturated carbocycles. The number of hydrogen-bond acceptors (Lipinski definition) is 4. The number of hydrogen-bond donors (Lipinski definition) is 1. The van der Waals surface area contributed by atoms with Crippen LogP contribution in [0.3, 0.4) is 0 Å². The van der Waals surface area contributed by atoms with Crippen molar-refractivity contribution in [2.75, 3.05) is 0 Å². The van der Waals surface area contributed by atoms with Gasteiger partial charge in [-0.1, -0.05) is 25.1 Å². The Bertz CT molecular complexity index is 1040. The van der Waals surface area contributed by atoms with Gasteiger partial charge in [0.2, 0.25) is 0 Å². The Morgan fingerprint density at radius 1 is 1.07 bits per heavy atom. The van der Waals surface area contributed by atoms with Crippen molar-refractivity contribution in [3.8, 4) is 22.6 Å². The average Bonchev–Trinajstić information content (AvgIpc) is 2.67. The summed E-state index contributed by atoms with van der Waals surface area (Å²) >= 11 is 0. The van der Waals surface area contributed by atoms with Gasteiger partial charge in [-0.25, -0.2) is 0 Å². The quantitative estimate of drug-likeness (QED) is 0.640. The number of phenols is 1. The van der Waals surface area contributed by atoms with Crippen molar-refractivity contribution >= 4 is 17.3 Å². The molecule has 2 aromatic rings. The van der Waals surface area contributed by atoms with Crippen LogP contribution in [0.15, 0.2) is 30.3 Å². The molecule has 0 bridgehead atoms. The molecule has 0 heterocycles. The van der Waals surface area contributed by atoms with Gasteiger partial charge in [-0.05, 0) is 64.8 Å². The smallest absolute Gasteiger partial charge is 0.311 e. The second-order valence-corrected chi connectivity index (χ2v) is 7.48. The van der Waals surface area contributed by atoms with E-state index < -0.39 is 0 Å². The summed E-state index contributed by atoms with van der Waals surface area (Å²) in [6.45, 7) is 1.73. The van der Waals surface area contributed by atoms with Gasteiger partial charge in [0, 0.05) is 24.3 Å². The minimum absolute atomic E-state index is 0.0754. The summed E-state index contributed by atoms with van der Waals surface area (Å²) in [6, 6.07) is 7.82. The van der Waals surface area contributed by atoms with E-state index >= 15 is 0 Å². The number of ether oxygens (including phenoxy) is 1. The molecule has 0 radical (unpaired) electrons. The zero-order chi connectivity index (χ0) is 18.7. The van der Waals surface area contributed by atoms with Gasteiger partial charge in [0.1, 0.15) is 0 Å². The predicted octanol–water partition coefficient (Wildman–Crippen LogP) is 4.32. The number of esters is 1. The number of carbonyl (C=O) groups is 2. The summed E-state index contributed by atoms with van der Waals surface area (Å²) in [4.78, 5) is 23.3. The van der Waals surface area contributed by atoms with Gasteiger partial charge in [0.15, 0.2) is 17.3 Å². The van der Waals surface area contributed by atoms with E-state index in [0.717, 1.165) is 29.5 Å². The maximum atomic E-state index is 11.7. The lowest BCUT2D eigenvalue weighted by Crippen LogP contribution is -2.25. The fourth-order valence-electron chi connectivity index (χ4n) is 4.76. The Morgan fingerprint density at radius 3 is 2.59 bits per heavy atom. The number of benzene rings is 2. The molecule has 1 atom stereocenters. The molecular formula is C23H20O4. The molecule has 0 aromatic heterocycles. The molecule has 0 fully saturated rings. The number of fused-ring (bicyclic) bond motifs is 8. The fourth-order valence-corrected chi connectivity index (χ4v) is 4.76. The molecule has 1 N–H and O–H groups in total. The minimum atomic E-state index is -0.353. The summed E-state index contributed by atoms with van der Waals surface area (Å²) in [6.07, 6.45) is 5.18. The van der Waals surface area contributed by atoms with Crippen LogP contribution in [-0.2, 0) is 22.4 Å². The van der Waals surface area contributed by atoms with Crippen LogP contribution < -0.4 is 4.74 Å². The van der Waals surface area contributed by atoms with Gasteiger partial charge in [0.25, 0.3) is 0 Å². The summed E-state index contributed by atoms with van der Waals surface area (Å²) in [5.41, 5.74) is 8.14. The number of ketones is 1. The molecule has 2 aromatic carbocycles. The number of carbonyl (C=O) groups excluding carboxylic acids is 2. The molecule has 27 heavy (non-hydrogen) atoms. The monoisotopic (exact) mass is 360 g/mol. The highest BCUT2D eigenvalue weighted by Gasteiger charge is 2.39. The van der Waals surface area contributed by atoms with E-state index in [0.29, 0.717) is 18.8 Å².